The number of hydrogen-bond donors (Lipinski definition) is 2. The summed E-state index contributed by atoms with van der Waals surface area (Å²) in [7, 11) is 1.53. The summed E-state index contributed by atoms with van der Waals surface area (Å²) in [5, 5.41) is 9.35. The molecule has 4 rings (SSSR count). The first-order chi connectivity index (χ1) is 12.7. The van der Waals surface area contributed by atoms with Crippen molar-refractivity contribution >= 4 is 23.6 Å². The third-order valence-corrected chi connectivity index (χ3v) is 4.13. The maximum absolute atomic E-state index is 12.8. The Morgan fingerprint density at radius 1 is 1.19 bits per heavy atom. The van der Waals surface area contributed by atoms with Crippen molar-refractivity contribution in [2.24, 2.45) is 0 Å². The Morgan fingerprint density at radius 2 is 2.00 bits per heavy atom. The number of carbonyl (C=O) groups excluding carboxylic acids is 2. The van der Waals surface area contributed by atoms with Gasteiger partial charge in [0.2, 0.25) is 0 Å². The van der Waals surface area contributed by atoms with E-state index in [4.69, 9.17) is 4.42 Å². The number of hydrogen-bond acceptors (Lipinski definition) is 5. The van der Waals surface area contributed by atoms with Gasteiger partial charge >= 0.3 is 6.03 Å². The van der Waals surface area contributed by atoms with E-state index >= 15 is 0 Å². The van der Waals surface area contributed by atoms with E-state index in [0.29, 0.717) is 36.0 Å². The molecule has 1 aliphatic heterocycles. The minimum atomic E-state index is -0.359. The number of urea groups is 1. The van der Waals surface area contributed by atoms with E-state index < -0.39 is 0 Å². The molecule has 0 radical (unpaired) electrons. The fourth-order valence-corrected chi connectivity index (χ4v) is 2.83. The highest BCUT2D eigenvalue weighted by molar-refractivity contribution is 6.06. The highest BCUT2D eigenvalue weighted by atomic mass is 16.3. The summed E-state index contributed by atoms with van der Waals surface area (Å²) in [6.45, 7) is 1.11. The molecule has 1 aromatic carbocycles. The first-order valence-electron chi connectivity index (χ1n) is 8.03. The van der Waals surface area contributed by atoms with Crippen LogP contribution in [0.3, 0.4) is 0 Å². The van der Waals surface area contributed by atoms with Crippen LogP contribution in [0, 0.1) is 0 Å². The average molecular weight is 352 g/mol. The van der Waals surface area contributed by atoms with E-state index in [1.807, 2.05) is 12.1 Å². The monoisotopic (exact) mass is 352 g/mol. The molecule has 3 heterocycles. The fraction of sp³-hybridized carbons (Fsp3) is 0.176. The standard InChI is InChI=1S/C17H16N6O3/c1-18-17(25)20-14-8-15-22(6-7-23(15)21-14)16(24)12-4-2-11(3-5-12)13-9-19-10-26-13/h2-5,8-10H,6-7H2,1H3,(H2,18,20,21,25). The molecule has 0 unspecified atom stereocenters. The molecule has 2 N–H and O–H groups in total. The quantitative estimate of drug-likeness (QED) is 0.749. The van der Waals surface area contributed by atoms with Gasteiger partial charge in [-0.15, -0.1) is 0 Å². The maximum Gasteiger partial charge on any atom is 0.320 e. The van der Waals surface area contributed by atoms with Gasteiger partial charge in [-0.2, -0.15) is 5.10 Å². The van der Waals surface area contributed by atoms with Crippen LogP contribution in [0.5, 0.6) is 0 Å². The number of aromatic nitrogens is 3. The number of benzene rings is 1. The minimum absolute atomic E-state index is 0.126. The number of oxazole rings is 1. The second-order valence-corrected chi connectivity index (χ2v) is 5.71. The summed E-state index contributed by atoms with van der Waals surface area (Å²) in [6, 6.07) is 8.47. The molecular weight excluding hydrogens is 336 g/mol. The number of amides is 3. The van der Waals surface area contributed by atoms with Gasteiger partial charge in [0.15, 0.2) is 18.0 Å². The van der Waals surface area contributed by atoms with E-state index in [2.05, 4.69) is 20.7 Å². The smallest absolute Gasteiger partial charge is 0.320 e. The Morgan fingerprint density at radius 3 is 2.69 bits per heavy atom. The zero-order valence-corrected chi connectivity index (χ0v) is 14.0. The second kappa shape index (κ2) is 6.36. The van der Waals surface area contributed by atoms with E-state index in [-0.39, 0.29) is 11.9 Å². The van der Waals surface area contributed by atoms with Crippen LogP contribution in [0.15, 0.2) is 47.3 Å². The predicted octanol–water partition coefficient (Wildman–Crippen LogP) is 1.95. The van der Waals surface area contributed by atoms with Gasteiger partial charge in [-0.3, -0.25) is 15.0 Å². The zero-order chi connectivity index (χ0) is 18.1. The molecule has 132 valence electrons. The van der Waals surface area contributed by atoms with E-state index in [0.717, 1.165) is 5.56 Å². The summed E-state index contributed by atoms with van der Waals surface area (Å²) in [4.78, 5) is 29.8. The number of nitrogens with zero attached hydrogens (tertiary/aromatic N) is 4. The lowest BCUT2D eigenvalue weighted by Crippen LogP contribution is -2.29. The van der Waals surface area contributed by atoms with Crippen LogP contribution in [0.25, 0.3) is 11.3 Å². The van der Waals surface area contributed by atoms with Gasteiger partial charge in [0.05, 0.1) is 12.7 Å². The van der Waals surface area contributed by atoms with Crippen molar-refractivity contribution in [1.29, 1.82) is 0 Å². The summed E-state index contributed by atoms with van der Waals surface area (Å²) >= 11 is 0. The molecule has 0 spiro atoms. The molecule has 1 aliphatic rings. The Balaban J connectivity index is 1.54. The average Bonchev–Trinajstić information content (AvgIpc) is 3.38. The van der Waals surface area contributed by atoms with Gasteiger partial charge in [0.1, 0.15) is 5.82 Å². The Labute approximate surface area is 148 Å². The van der Waals surface area contributed by atoms with Gasteiger partial charge < -0.3 is 9.73 Å². The van der Waals surface area contributed by atoms with Gasteiger partial charge in [-0.25, -0.2) is 14.5 Å². The van der Waals surface area contributed by atoms with Crippen molar-refractivity contribution in [3.05, 3.63) is 48.5 Å². The summed E-state index contributed by atoms with van der Waals surface area (Å²) in [6.07, 6.45) is 2.99. The lowest BCUT2D eigenvalue weighted by Gasteiger charge is -2.15. The van der Waals surface area contributed by atoms with Gasteiger partial charge in [0.25, 0.3) is 5.91 Å². The largest absolute Gasteiger partial charge is 0.444 e. The normalized spacial score (nSPS) is 12.7. The van der Waals surface area contributed by atoms with Crippen LogP contribution in [-0.2, 0) is 6.54 Å². The molecule has 0 atom stereocenters. The molecule has 0 bridgehead atoms. The third kappa shape index (κ3) is 2.79. The topological polar surface area (TPSA) is 105 Å². The summed E-state index contributed by atoms with van der Waals surface area (Å²) in [5.41, 5.74) is 1.41. The van der Waals surface area contributed by atoms with E-state index in [1.165, 1.54) is 13.4 Å². The lowest BCUT2D eigenvalue weighted by molar-refractivity contribution is 0.0989. The first kappa shape index (κ1) is 15.9. The summed E-state index contributed by atoms with van der Waals surface area (Å²) in [5.74, 6) is 1.57. The molecule has 9 heteroatoms. The van der Waals surface area contributed by atoms with Crippen LogP contribution < -0.4 is 15.5 Å². The third-order valence-electron chi connectivity index (χ3n) is 4.13. The van der Waals surface area contributed by atoms with Crippen molar-refractivity contribution in [3.63, 3.8) is 0 Å². The van der Waals surface area contributed by atoms with Crippen LogP contribution in [0.2, 0.25) is 0 Å². The van der Waals surface area contributed by atoms with Gasteiger partial charge in [-0.1, -0.05) is 12.1 Å². The van der Waals surface area contributed by atoms with Gasteiger partial charge in [-0.05, 0) is 12.1 Å². The molecule has 2 aromatic heterocycles. The van der Waals surface area contributed by atoms with Crippen molar-refractivity contribution in [2.45, 2.75) is 6.54 Å². The number of nitrogens with one attached hydrogen (secondary N) is 2. The lowest BCUT2D eigenvalue weighted by atomic mass is 10.1. The van der Waals surface area contributed by atoms with E-state index in [1.54, 1.807) is 34.0 Å². The van der Waals surface area contributed by atoms with E-state index in [9.17, 15) is 9.59 Å². The van der Waals surface area contributed by atoms with Crippen molar-refractivity contribution < 1.29 is 14.0 Å². The van der Waals surface area contributed by atoms with Crippen LogP contribution in [0.4, 0.5) is 16.4 Å². The Kier molecular flexibility index (Phi) is 3.88. The molecule has 3 amide bonds. The van der Waals surface area contributed by atoms with Crippen molar-refractivity contribution in [2.75, 3.05) is 23.8 Å². The van der Waals surface area contributed by atoms with Gasteiger partial charge in [0, 0.05) is 30.8 Å². The minimum Gasteiger partial charge on any atom is -0.444 e. The zero-order valence-electron chi connectivity index (χ0n) is 14.0. The number of fused-ring (bicyclic) bond motifs is 1. The van der Waals surface area contributed by atoms with Crippen molar-refractivity contribution in [1.82, 2.24) is 20.1 Å². The molecule has 26 heavy (non-hydrogen) atoms. The highest BCUT2D eigenvalue weighted by Crippen LogP contribution is 2.27. The Hall–Kier alpha value is -3.62. The maximum atomic E-state index is 12.8. The highest BCUT2D eigenvalue weighted by Gasteiger charge is 2.28. The first-order valence-corrected chi connectivity index (χ1v) is 8.03. The number of rotatable bonds is 3. The summed E-state index contributed by atoms with van der Waals surface area (Å²) < 4.78 is 6.95. The van der Waals surface area contributed by atoms with Crippen LogP contribution >= 0.6 is 0 Å². The molecule has 3 aromatic rings. The molecule has 0 fully saturated rings. The number of carbonyl (C=O) groups is 2. The molecular formula is C17H16N6O3. The predicted molar refractivity (Wildman–Crippen MR) is 93.9 cm³/mol. The molecule has 0 saturated carbocycles. The van der Waals surface area contributed by atoms with Crippen LogP contribution in [0.1, 0.15) is 10.4 Å². The van der Waals surface area contributed by atoms with Crippen LogP contribution in [-0.4, -0.2) is 40.3 Å². The second-order valence-electron chi connectivity index (χ2n) is 5.71. The molecule has 0 saturated heterocycles. The Bertz CT molecular complexity index is 946. The number of anilines is 2. The fourth-order valence-electron chi connectivity index (χ4n) is 2.83. The molecule has 0 aliphatic carbocycles. The SMILES string of the molecule is CNC(=O)Nc1cc2n(n1)CCN2C(=O)c1ccc(-c2cnco2)cc1. The molecule has 9 nitrogen and oxygen atoms in total. The van der Waals surface area contributed by atoms with Crippen molar-refractivity contribution in [3.8, 4) is 11.3 Å².